The van der Waals surface area contributed by atoms with Crippen LogP contribution >= 0.6 is 0 Å². The third kappa shape index (κ3) is 9.53. The lowest BCUT2D eigenvalue weighted by Crippen LogP contribution is -2.53. The first-order valence-electron chi connectivity index (χ1n) is 9.20. The van der Waals surface area contributed by atoms with Crippen LogP contribution in [0.3, 0.4) is 0 Å². The van der Waals surface area contributed by atoms with Gasteiger partial charge in [0, 0.05) is 44.8 Å². The van der Waals surface area contributed by atoms with Crippen molar-refractivity contribution in [2.24, 2.45) is 4.99 Å². The monoisotopic (exact) mass is 355 g/mol. The van der Waals surface area contributed by atoms with Crippen LogP contribution in [0.25, 0.3) is 0 Å². The fourth-order valence-electron chi connectivity index (χ4n) is 2.59. The summed E-state index contributed by atoms with van der Waals surface area (Å²) in [6.07, 6.45) is 1.73. The predicted octanol–water partition coefficient (Wildman–Crippen LogP) is 1.94. The van der Waals surface area contributed by atoms with Gasteiger partial charge >= 0.3 is 6.09 Å². The topological polar surface area (TPSA) is 78.0 Å². The third-order valence-electron chi connectivity index (χ3n) is 3.71. The molecule has 0 spiro atoms. The fraction of sp³-hybridized carbons (Fsp3) is 0.889. The molecule has 7 nitrogen and oxygen atoms in total. The molecule has 0 aromatic heterocycles. The number of carbonyl (C=O) groups is 1. The number of rotatable bonds is 4. The van der Waals surface area contributed by atoms with Crippen molar-refractivity contribution in [3.05, 3.63) is 0 Å². The highest BCUT2D eigenvalue weighted by atomic mass is 16.6. The van der Waals surface area contributed by atoms with Gasteiger partial charge in [-0.3, -0.25) is 4.99 Å². The molecule has 1 aliphatic rings. The zero-order valence-corrected chi connectivity index (χ0v) is 17.0. The standard InChI is InChI=1S/C18H37N5O2/c1-17(2,3)21-11-10-20-15(19-7)22-14-9-8-12-23(13-14)16(24)25-18(4,5)6/h14,21H,8-13H2,1-7H3,(H2,19,20,22). The van der Waals surface area contributed by atoms with Gasteiger partial charge in [-0.1, -0.05) is 0 Å². The van der Waals surface area contributed by atoms with Crippen LogP contribution in [0.15, 0.2) is 4.99 Å². The van der Waals surface area contributed by atoms with Crippen LogP contribution in [0.4, 0.5) is 4.79 Å². The van der Waals surface area contributed by atoms with Crippen molar-refractivity contribution in [3.8, 4) is 0 Å². The normalized spacial score (nSPS) is 19.6. The Morgan fingerprint density at radius 3 is 2.44 bits per heavy atom. The van der Waals surface area contributed by atoms with E-state index in [2.05, 4.69) is 41.7 Å². The summed E-state index contributed by atoms with van der Waals surface area (Å²) >= 11 is 0. The number of hydrogen-bond donors (Lipinski definition) is 3. The summed E-state index contributed by atoms with van der Waals surface area (Å²) in [4.78, 5) is 18.3. The van der Waals surface area contributed by atoms with Gasteiger partial charge in [0.2, 0.25) is 0 Å². The van der Waals surface area contributed by atoms with E-state index in [1.54, 1.807) is 11.9 Å². The molecule has 0 aromatic carbocycles. The molecule has 1 rings (SSSR count). The molecule has 1 unspecified atom stereocenters. The maximum Gasteiger partial charge on any atom is 0.410 e. The van der Waals surface area contributed by atoms with Crippen LogP contribution in [0.1, 0.15) is 54.4 Å². The molecule has 1 atom stereocenters. The Hall–Kier alpha value is -1.50. The number of ether oxygens (including phenoxy) is 1. The molecule has 0 aliphatic carbocycles. The smallest absolute Gasteiger partial charge is 0.410 e. The number of amides is 1. The summed E-state index contributed by atoms with van der Waals surface area (Å²) in [6, 6.07) is 0.183. The molecule has 146 valence electrons. The first kappa shape index (κ1) is 21.5. The molecule has 0 saturated carbocycles. The second-order valence-corrected chi connectivity index (χ2v) is 8.59. The van der Waals surface area contributed by atoms with Crippen molar-refractivity contribution in [2.75, 3.05) is 33.2 Å². The van der Waals surface area contributed by atoms with Crippen molar-refractivity contribution < 1.29 is 9.53 Å². The molecule has 3 N–H and O–H groups in total. The molecule has 0 aromatic rings. The van der Waals surface area contributed by atoms with Gasteiger partial charge in [-0.2, -0.15) is 0 Å². The molecule has 1 saturated heterocycles. The molecule has 1 fully saturated rings. The lowest BCUT2D eigenvalue weighted by Gasteiger charge is -2.35. The van der Waals surface area contributed by atoms with Gasteiger partial charge in [0.15, 0.2) is 5.96 Å². The fourth-order valence-corrected chi connectivity index (χ4v) is 2.59. The van der Waals surface area contributed by atoms with Crippen LogP contribution in [-0.4, -0.2) is 67.4 Å². The van der Waals surface area contributed by atoms with Gasteiger partial charge in [-0.05, 0) is 54.4 Å². The quantitative estimate of drug-likeness (QED) is 0.408. The summed E-state index contributed by atoms with van der Waals surface area (Å²) < 4.78 is 5.47. The highest BCUT2D eigenvalue weighted by Crippen LogP contribution is 2.15. The van der Waals surface area contributed by atoms with E-state index in [0.717, 1.165) is 38.4 Å². The Kier molecular flexibility index (Phi) is 7.99. The highest BCUT2D eigenvalue weighted by molar-refractivity contribution is 5.80. The van der Waals surface area contributed by atoms with E-state index in [-0.39, 0.29) is 17.7 Å². The Bertz CT molecular complexity index is 451. The third-order valence-corrected chi connectivity index (χ3v) is 3.71. The van der Waals surface area contributed by atoms with E-state index in [4.69, 9.17) is 4.74 Å². The van der Waals surface area contributed by atoms with E-state index in [1.807, 2.05) is 20.8 Å². The maximum atomic E-state index is 12.2. The van der Waals surface area contributed by atoms with Crippen molar-refractivity contribution in [1.29, 1.82) is 0 Å². The molecule has 1 amide bonds. The number of piperidine rings is 1. The van der Waals surface area contributed by atoms with Gasteiger partial charge in [0.25, 0.3) is 0 Å². The van der Waals surface area contributed by atoms with Gasteiger partial charge in [-0.25, -0.2) is 4.79 Å². The lowest BCUT2D eigenvalue weighted by atomic mass is 10.1. The first-order valence-corrected chi connectivity index (χ1v) is 9.20. The van der Waals surface area contributed by atoms with E-state index in [9.17, 15) is 4.79 Å². The van der Waals surface area contributed by atoms with Crippen LogP contribution in [0.2, 0.25) is 0 Å². The molecule has 25 heavy (non-hydrogen) atoms. The number of guanidine groups is 1. The number of likely N-dealkylation sites (tertiary alicyclic amines) is 1. The van der Waals surface area contributed by atoms with Crippen LogP contribution in [0.5, 0.6) is 0 Å². The van der Waals surface area contributed by atoms with Crippen LogP contribution in [-0.2, 0) is 4.74 Å². The predicted molar refractivity (Wildman–Crippen MR) is 103 cm³/mol. The van der Waals surface area contributed by atoms with E-state index in [0.29, 0.717) is 6.54 Å². The summed E-state index contributed by atoms with van der Waals surface area (Å²) in [6.45, 7) is 15.1. The van der Waals surface area contributed by atoms with Crippen molar-refractivity contribution in [2.45, 2.75) is 71.6 Å². The van der Waals surface area contributed by atoms with Crippen LogP contribution in [0, 0.1) is 0 Å². The minimum atomic E-state index is -0.463. The lowest BCUT2D eigenvalue weighted by molar-refractivity contribution is 0.0193. The van der Waals surface area contributed by atoms with Gasteiger partial charge in [0.1, 0.15) is 5.60 Å². The number of nitrogens with one attached hydrogen (secondary N) is 3. The average Bonchev–Trinajstić information content (AvgIpc) is 2.48. The Morgan fingerprint density at radius 1 is 1.20 bits per heavy atom. The number of hydrogen-bond acceptors (Lipinski definition) is 4. The van der Waals surface area contributed by atoms with Crippen molar-refractivity contribution >= 4 is 12.1 Å². The largest absolute Gasteiger partial charge is 0.444 e. The molecule has 1 aliphatic heterocycles. The molecule has 7 heteroatoms. The molecule has 0 radical (unpaired) electrons. The molecular formula is C18H37N5O2. The molecule has 1 heterocycles. The summed E-state index contributed by atoms with van der Waals surface area (Å²) in [5.41, 5.74) is -0.356. The number of aliphatic imine (C=N–C) groups is 1. The number of nitrogens with zero attached hydrogens (tertiary/aromatic N) is 2. The zero-order chi connectivity index (χ0) is 19.1. The van der Waals surface area contributed by atoms with Gasteiger partial charge in [-0.15, -0.1) is 0 Å². The van der Waals surface area contributed by atoms with Crippen LogP contribution < -0.4 is 16.0 Å². The first-order chi connectivity index (χ1) is 11.5. The van der Waals surface area contributed by atoms with Gasteiger partial charge in [0.05, 0.1) is 0 Å². The SMILES string of the molecule is CN=C(NCCNC(C)(C)C)NC1CCCN(C(=O)OC(C)(C)C)C1. The summed E-state index contributed by atoms with van der Waals surface area (Å²) in [7, 11) is 1.76. The average molecular weight is 356 g/mol. The van der Waals surface area contributed by atoms with E-state index in [1.165, 1.54) is 0 Å². The van der Waals surface area contributed by atoms with E-state index < -0.39 is 5.60 Å². The molecule has 0 bridgehead atoms. The Labute approximate surface area is 153 Å². The zero-order valence-electron chi connectivity index (χ0n) is 17.0. The Morgan fingerprint density at radius 2 is 1.88 bits per heavy atom. The second kappa shape index (κ2) is 9.27. The highest BCUT2D eigenvalue weighted by Gasteiger charge is 2.27. The van der Waals surface area contributed by atoms with E-state index >= 15 is 0 Å². The molecular weight excluding hydrogens is 318 g/mol. The van der Waals surface area contributed by atoms with Crippen molar-refractivity contribution in [1.82, 2.24) is 20.9 Å². The summed E-state index contributed by atoms with van der Waals surface area (Å²) in [5, 5.41) is 10.2. The Balaban J connectivity index is 2.42. The van der Waals surface area contributed by atoms with Gasteiger partial charge < -0.3 is 25.6 Å². The summed E-state index contributed by atoms with van der Waals surface area (Å²) in [5.74, 6) is 0.770. The minimum Gasteiger partial charge on any atom is -0.444 e. The maximum absolute atomic E-state index is 12.2. The second-order valence-electron chi connectivity index (χ2n) is 8.59. The minimum absolute atomic E-state index is 0.107. The van der Waals surface area contributed by atoms with Crippen molar-refractivity contribution in [3.63, 3.8) is 0 Å². The number of carbonyl (C=O) groups excluding carboxylic acids is 1.